The van der Waals surface area contributed by atoms with Crippen LogP contribution in [0.15, 0.2) is 29.3 Å². The van der Waals surface area contributed by atoms with E-state index < -0.39 is 5.72 Å². The molecule has 0 amide bonds. The number of rotatable bonds is 0. The van der Waals surface area contributed by atoms with E-state index in [0.29, 0.717) is 0 Å². The zero-order valence-corrected chi connectivity index (χ0v) is 12.1. The van der Waals surface area contributed by atoms with E-state index in [1.165, 1.54) is 11.3 Å². The minimum atomic E-state index is -0.635. The van der Waals surface area contributed by atoms with E-state index in [-0.39, 0.29) is 16.9 Å². The molecule has 0 radical (unpaired) electrons. The maximum atomic E-state index is 11.3. The predicted molar refractivity (Wildman–Crippen MR) is 78.3 cm³/mol. The number of hydrogen-bond donors (Lipinski definition) is 1. The van der Waals surface area contributed by atoms with Gasteiger partial charge in [-0.15, -0.1) is 0 Å². The Hall–Kier alpha value is -1.19. The summed E-state index contributed by atoms with van der Waals surface area (Å²) in [4.78, 5) is 7.39. The van der Waals surface area contributed by atoms with Crippen molar-refractivity contribution in [1.29, 1.82) is 0 Å². The van der Waals surface area contributed by atoms with Crippen molar-refractivity contribution in [1.82, 2.24) is 4.90 Å². The van der Waals surface area contributed by atoms with Gasteiger partial charge in [0, 0.05) is 23.6 Å². The SMILES string of the molecule is C[C@@H]1[C@@]23CCN4[C@@](C)(CC[C@]14O)C2=Nc1ccccc13. The van der Waals surface area contributed by atoms with Gasteiger partial charge in [0.2, 0.25) is 0 Å². The summed E-state index contributed by atoms with van der Waals surface area (Å²) < 4.78 is 0. The summed E-state index contributed by atoms with van der Waals surface area (Å²) in [5, 5.41) is 11.3. The molecule has 1 aromatic carbocycles. The molecule has 104 valence electrons. The first kappa shape index (κ1) is 11.5. The first-order valence-electron chi connectivity index (χ1n) is 7.73. The van der Waals surface area contributed by atoms with Gasteiger partial charge in [0.05, 0.1) is 11.2 Å². The van der Waals surface area contributed by atoms with Crippen LogP contribution >= 0.6 is 0 Å². The molecule has 0 saturated carbocycles. The smallest absolute Gasteiger partial charge is 0.123 e. The molecule has 5 atom stereocenters. The fourth-order valence-electron chi connectivity index (χ4n) is 5.75. The number of hydrogen-bond acceptors (Lipinski definition) is 3. The van der Waals surface area contributed by atoms with Crippen LogP contribution in [0.1, 0.15) is 38.7 Å². The van der Waals surface area contributed by atoms with Gasteiger partial charge in [-0.3, -0.25) is 9.89 Å². The highest BCUT2D eigenvalue weighted by molar-refractivity contribution is 6.09. The molecule has 1 aromatic rings. The van der Waals surface area contributed by atoms with Crippen molar-refractivity contribution in [2.45, 2.75) is 49.8 Å². The minimum Gasteiger partial charge on any atom is -0.375 e. The van der Waals surface area contributed by atoms with Gasteiger partial charge in [0.25, 0.3) is 0 Å². The van der Waals surface area contributed by atoms with Crippen LogP contribution in [0.4, 0.5) is 5.69 Å². The fourth-order valence-corrected chi connectivity index (χ4v) is 5.75. The Balaban J connectivity index is 1.87. The lowest BCUT2D eigenvalue weighted by atomic mass is 9.55. The Morgan fingerprint density at radius 3 is 2.90 bits per heavy atom. The summed E-state index contributed by atoms with van der Waals surface area (Å²) in [7, 11) is 0. The number of nitrogens with zero attached hydrogens (tertiary/aromatic N) is 2. The maximum absolute atomic E-state index is 11.3. The quantitative estimate of drug-likeness (QED) is 0.785. The third kappa shape index (κ3) is 0.887. The normalized spacial score (nSPS) is 50.9. The highest BCUT2D eigenvalue weighted by Gasteiger charge is 2.73. The minimum absolute atomic E-state index is 0.0225. The molecular formula is C17H20N2O. The van der Waals surface area contributed by atoms with Crippen LogP contribution in [0, 0.1) is 5.92 Å². The van der Waals surface area contributed by atoms with Crippen molar-refractivity contribution in [3.8, 4) is 0 Å². The highest BCUT2D eigenvalue weighted by Crippen LogP contribution is 2.66. The lowest BCUT2D eigenvalue weighted by Gasteiger charge is -2.63. The molecule has 3 heteroatoms. The average molecular weight is 268 g/mol. The second-order valence-corrected chi connectivity index (χ2v) is 7.22. The fraction of sp³-hybridized carbons (Fsp3) is 0.588. The second kappa shape index (κ2) is 3.02. The van der Waals surface area contributed by atoms with Gasteiger partial charge in [0.15, 0.2) is 0 Å². The van der Waals surface area contributed by atoms with E-state index in [1.54, 1.807) is 0 Å². The van der Waals surface area contributed by atoms with Gasteiger partial charge in [-0.25, -0.2) is 0 Å². The predicted octanol–water partition coefficient (Wildman–Crippen LogP) is 2.61. The largest absolute Gasteiger partial charge is 0.375 e. The Labute approximate surface area is 119 Å². The monoisotopic (exact) mass is 268 g/mol. The number of aliphatic imine (C=N–C) groups is 1. The van der Waals surface area contributed by atoms with E-state index in [2.05, 4.69) is 43.0 Å². The van der Waals surface area contributed by atoms with Crippen molar-refractivity contribution in [2.24, 2.45) is 10.9 Å². The van der Waals surface area contributed by atoms with E-state index in [9.17, 15) is 5.11 Å². The van der Waals surface area contributed by atoms with Gasteiger partial charge in [-0.2, -0.15) is 0 Å². The van der Waals surface area contributed by atoms with Crippen molar-refractivity contribution in [3.05, 3.63) is 29.8 Å². The molecule has 1 unspecified atom stereocenters. The molecule has 3 nitrogen and oxygen atoms in total. The lowest BCUT2D eigenvalue weighted by Crippen LogP contribution is -2.76. The molecule has 1 spiro atoms. The van der Waals surface area contributed by atoms with Gasteiger partial charge in [-0.1, -0.05) is 25.1 Å². The number of piperidine rings is 3. The maximum Gasteiger partial charge on any atom is 0.123 e. The zero-order valence-electron chi connectivity index (χ0n) is 12.1. The topological polar surface area (TPSA) is 35.8 Å². The van der Waals surface area contributed by atoms with Gasteiger partial charge >= 0.3 is 0 Å². The first-order chi connectivity index (χ1) is 9.53. The number of benzene rings is 1. The molecule has 20 heavy (non-hydrogen) atoms. The van der Waals surface area contributed by atoms with Crippen LogP contribution in [0.25, 0.3) is 0 Å². The summed E-state index contributed by atoms with van der Waals surface area (Å²) in [5.41, 5.74) is 3.11. The number of para-hydroxylation sites is 1. The van der Waals surface area contributed by atoms with Crippen molar-refractivity contribution in [3.63, 3.8) is 0 Å². The molecule has 0 aromatic heterocycles. The summed E-state index contributed by atoms with van der Waals surface area (Å²) >= 11 is 0. The molecule has 4 bridgehead atoms. The van der Waals surface area contributed by atoms with Crippen molar-refractivity contribution < 1.29 is 5.11 Å². The lowest BCUT2D eigenvalue weighted by molar-refractivity contribution is -0.189. The number of fused-ring (bicyclic) bond motifs is 2. The molecule has 4 fully saturated rings. The van der Waals surface area contributed by atoms with E-state index in [4.69, 9.17) is 4.99 Å². The summed E-state index contributed by atoms with van der Waals surface area (Å²) in [5.74, 6) is 0.224. The summed E-state index contributed by atoms with van der Waals surface area (Å²) in [6, 6.07) is 8.55. The van der Waals surface area contributed by atoms with E-state index in [1.807, 2.05) is 0 Å². The molecular weight excluding hydrogens is 248 g/mol. The molecule has 5 aliphatic heterocycles. The van der Waals surface area contributed by atoms with E-state index in [0.717, 1.165) is 31.5 Å². The van der Waals surface area contributed by atoms with Gasteiger partial charge in [-0.05, 0) is 37.8 Å². The standard InChI is InChI=1S/C17H20N2O/c1-11-16-9-10-19-15(2,7-8-17(11,19)20)14(16)18-13-6-4-3-5-12(13)16/h3-6,11,20H,7-10H2,1-2H3/t11-,15+,16-,17+/m1/s1. The van der Waals surface area contributed by atoms with Gasteiger partial charge < -0.3 is 5.11 Å². The van der Waals surface area contributed by atoms with Crippen molar-refractivity contribution in [2.75, 3.05) is 6.54 Å². The van der Waals surface area contributed by atoms with Crippen LogP contribution in [-0.2, 0) is 5.41 Å². The highest BCUT2D eigenvalue weighted by atomic mass is 16.3. The van der Waals surface area contributed by atoms with Crippen molar-refractivity contribution >= 4 is 11.4 Å². The zero-order chi connectivity index (χ0) is 13.8. The second-order valence-electron chi connectivity index (χ2n) is 7.22. The number of aliphatic hydroxyl groups is 1. The summed E-state index contributed by atoms with van der Waals surface area (Å²) in [6.45, 7) is 5.51. The molecule has 1 N–H and O–H groups in total. The van der Waals surface area contributed by atoms with Crippen LogP contribution in [0.3, 0.4) is 0 Å². The Kier molecular flexibility index (Phi) is 1.73. The van der Waals surface area contributed by atoms with Crippen LogP contribution < -0.4 is 0 Å². The molecule has 0 aliphatic carbocycles. The van der Waals surface area contributed by atoms with Crippen LogP contribution in [0.5, 0.6) is 0 Å². The summed E-state index contributed by atoms with van der Waals surface area (Å²) in [6.07, 6.45) is 3.01. The molecule has 5 heterocycles. The van der Waals surface area contributed by atoms with Crippen LogP contribution in [-0.4, -0.2) is 33.5 Å². The average Bonchev–Trinajstić information content (AvgIpc) is 2.92. The Morgan fingerprint density at radius 2 is 2.05 bits per heavy atom. The first-order valence-corrected chi connectivity index (χ1v) is 7.73. The van der Waals surface area contributed by atoms with Crippen LogP contribution in [0.2, 0.25) is 0 Å². The van der Waals surface area contributed by atoms with Gasteiger partial charge in [0.1, 0.15) is 5.72 Å². The third-order valence-electron chi connectivity index (χ3n) is 6.75. The Bertz CT molecular complexity index is 669. The molecule has 6 rings (SSSR count). The third-order valence-corrected chi connectivity index (χ3v) is 6.75. The molecule has 4 saturated heterocycles. The molecule has 5 aliphatic rings. The van der Waals surface area contributed by atoms with E-state index >= 15 is 0 Å². The Morgan fingerprint density at radius 1 is 1.25 bits per heavy atom.